The molecule has 30 heavy (non-hydrogen) atoms. The Balaban J connectivity index is 1.49. The summed E-state index contributed by atoms with van der Waals surface area (Å²) >= 11 is 0. The SMILES string of the molecule is Cc1ccc(C(=O)NC2CC2)cc1NC(=O)CC1CCN(C(=O)OC(C)(C)C)CC1. The summed E-state index contributed by atoms with van der Waals surface area (Å²) in [5.74, 6) is 0.0708. The van der Waals surface area contributed by atoms with Crippen LogP contribution in [0.4, 0.5) is 10.5 Å². The fraction of sp³-hybridized carbons (Fsp3) is 0.609. The molecule has 0 unspecified atom stereocenters. The molecule has 0 spiro atoms. The standard InChI is InChI=1S/C23H33N3O4/c1-15-5-6-17(21(28)24-18-7-8-18)14-19(15)25-20(27)13-16-9-11-26(12-10-16)22(29)30-23(2,3)4/h5-6,14,16,18H,7-13H2,1-4H3,(H,24,28)(H,25,27). The van der Waals surface area contributed by atoms with E-state index in [0.29, 0.717) is 36.8 Å². The average Bonchev–Trinajstić information content (AvgIpc) is 3.46. The summed E-state index contributed by atoms with van der Waals surface area (Å²) in [5.41, 5.74) is 1.66. The molecule has 0 aromatic heterocycles. The number of nitrogens with zero attached hydrogens (tertiary/aromatic N) is 1. The lowest BCUT2D eigenvalue weighted by molar-refractivity contribution is -0.117. The van der Waals surface area contributed by atoms with E-state index in [1.807, 2.05) is 33.8 Å². The van der Waals surface area contributed by atoms with Gasteiger partial charge in [-0.25, -0.2) is 4.79 Å². The van der Waals surface area contributed by atoms with Gasteiger partial charge in [0, 0.05) is 36.8 Å². The first-order chi connectivity index (χ1) is 14.1. The van der Waals surface area contributed by atoms with Gasteiger partial charge in [0.05, 0.1) is 0 Å². The first-order valence-electron chi connectivity index (χ1n) is 10.8. The smallest absolute Gasteiger partial charge is 0.410 e. The Bertz CT molecular complexity index is 803. The molecule has 3 rings (SSSR count). The number of carbonyl (C=O) groups excluding carboxylic acids is 3. The minimum absolute atomic E-state index is 0.0615. The van der Waals surface area contributed by atoms with Crippen molar-refractivity contribution in [3.05, 3.63) is 29.3 Å². The highest BCUT2D eigenvalue weighted by Gasteiger charge is 2.28. The maximum Gasteiger partial charge on any atom is 0.410 e. The fourth-order valence-electron chi connectivity index (χ4n) is 3.50. The second kappa shape index (κ2) is 9.06. The van der Waals surface area contributed by atoms with E-state index in [1.54, 1.807) is 17.0 Å². The first kappa shape index (κ1) is 22.1. The Labute approximate surface area is 178 Å². The molecule has 0 atom stereocenters. The number of hydrogen-bond acceptors (Lipinski definition) is 4. The Morgan fingerprint density at radius 1 is 1.10 bits per heavy atom. The van der Waals surface area contributed by atoms with Crippen LogP contribution in [0.2, 0.25) is 0 Å². The molecular weight excluding hydrogens is 382 g/mol. The number of benzene rings is 1. The molecule has 1 saturated carbocycles. The summed E-state index contributed by atoms with van der Waals surface area (Å²) in [4.78, 5) is 38.7. The minimum atomic E-state index is -0.504. The van der Waals surface area contributed by atoms with Gasteiger partial charge in [-0.15, -0.1) is 0 Å². The molecule has 7 heteroatoms. The van der Waals surface area contributed by atoms with Gasteiger partial charge in [0.2, 0.25) is 5.91 Å². The zero-order valence-electron chi connectivity index (χ0n) is 18.4. The van der Waals surface area contributed by atoms with E-state index in [4.69, 9.17) is 4.74 Å². The van der Waals surface area contributed by atoms with Gasteiger partial charge in [-0.3, -0.25) is 9.59 Å². The molecular formula is C23H33N3O4. The molecule has 1 aromatic carbocycles. The van der Waals surface area contributed by atoms with Crippen molar-refractivity contribution in [1.82, 2.24) is 10.2 Å². The summed E-state index contributed by atoms with van der Waals surface area (Å²) < 4.78 is 5.42. The van der Waals surface area contributed by atoms with Crippen LogP contribution in [0.25, 0.3) is 0 Å². The van der Waals surface area contributed by atoms with E-state index in [2.05, 4.69) is 10.6 Å². The van der Waals surface area contributed by atoms with Crippen molar-refractivity contribution < 1.29 is 19.1 Å². The summed E-state index contributed by atoms with van der Waals surface area (Å²) in [6.07, 6.45) is 3.73. The van der Waals surface area contributed by atoms with Crippen LogP contribution in [-0.4, -0.2) is 47.5 Å². The quantitative estimate of drug-likeness (QED) is 0.764. The molecule has 7 nitrogen and oxygen atoms in total. The average molecular weight is 416 g/mol. The van der Waals surface area contributed by atoms with Crippen molar-refractivity contribution in [2.75, 3.05) is 18.4 Å². The molecule has 1 heterocycles. The fourth-order valence-corrected chi connectivity index (χ4v) is 3.50. The lowest BCUT2D eigenvalue weighted by Gasteiger charge is -2.33. The van der Waals surface area contributed by atoms with Crippen molar-refractivity contribution in [3.8, 4) is 0 Å². The molecule has 164 valence electrons. The lowest BCUT2D eigenvalue weighted by atomic mass is 9.93. The molecule has 1 aliphatic heterocycles. The number of rotatable bonds is 5. The topological polar surface area (TPSA) is 87.7 Å². The van der Waals surface area contributed by atoms with Crippen molar-refractivity contribution in [2.45, 2.75) is 71.4 Å². The number of carbonyl (C=O) groups is 3. The Kier molecular flexibility index (Phi) is 6.68. The van der Waals surface area contributed by atoms with Crippen molar-refractivity contribution in [2.24, 2.45) is 5.92 Å². The minimum Gasteiger partial charge on any atom is -0.444 e. The first-order valence-corrected chi connectivity index (χ1v) is 10.8. The Morgan fingerprint density at radius 2 is 1.77 bits per heavy atom. The van der Waals surface area contributed by atoms with E-state index in [-0.39, 0.29) is 23.8 Å². The Morgan fingerprint density at radius 3 is 2.37 bits per heavy atom. The van der Waals surface area contributed by atoms with E-state index >= 15 is 0 Å². The van der Waals surface area contributed by atoms with Crippen molar-refractivity contribution in [3.63, 3.8) is 0 Å². The van der Waals surface area contributed by atoms with Crippen LogP contribution in [-0.2, 0) is 9.53 Å². The number of nitrogens with one attached hydrogen (secondary N) is 2. The molecule has 2 fully saturated rings. The van der Waals surface area contributed by atoms with Crippen LogP contribution in [0.3, 0.4) is 0 Å². The van der Waals surface area contributed by atoms with E-state index in [1.165, 1.54) is 0 Å². The number of ether oxygens (including phenoxy) is 1. The lowest BCUT2D eigenvalue weighted by Crippen LogP contribution is -2.42. The molecule has 3 amide bonds. The van der Waals surface area contributed by atoms with Crippen LogP contribution < -0.4 is 10.6 Å². The third-order valence-corrected chi connectivity index (χ3v) is 5.43. The number of anilines is 1. The van der Waals surface area contributed by atoms with Gasteiger partial charge in [-0.1, -0.05) is 6.07 Å². The van der Waals surface area contributed by atoms with E-state index in [0.717, 1.165) is 31.2 Å². The molecule has 0 bridgehead atoms. The number of amides is 3. The predicted octanol–water partition coefficient (Wildman–Crippen LogP) is 3.86. The largest absolute Gasteiger partial charge is 0.444 e. The summed E-state index contributed by atoms with van der Waals surface area (Å²) in [7, 11) is 0. The van der Waals surface area contributed by atoms with Gasteiger partial charge in [-0.2, -0.15) is 0 Å². The van der Waals surface area contributed by atoms with Crippen LogP contribution >= 0.6 is 0 Å². The zero-order chi connectivity index (χ0) is 21.9. The summed E-state index contributed by atoms with van der Waals surface area (Å²) in [6, 6.07) is 5.69. The van der Waals surface area contributed by atoms with Crippen LogP contribution in [0.15, 0.2) is 18.2 Å². The Hall–Kier alpha value is -2.57. The third-order valence-electron chi connectivity index (χ3n) is 5.43. The molecule has 2 N–H and O–H groups in total. The summed E-state index contributed by atoms with van der Waals surface area (Å²) in [5, 5.41) is 5.93. The van der Waals surface area contributed by atoms with Crippen LogP contribution in [0.5, 0.6) is 0 Å². The highest BCUT2D eigenvalue weighted by atomic mass is 16.6. The van der Waals surface area contributed by atoms with Gasteiger partial charge >= 0.3 is 6.09 Å². The molecule has 2 aliphatic rings. The summed E-state index contributed by atoms with van der Waals surface area (Å²) in [6.45, 7) is 8.68. The molecule has 1 aromatic rings. The van der Waals surface area contributed by atoms with Gasteiger partial charge in [0.1, 0.15) is 5.60 Å². The normalized spacial score (nSPS) is 17.4. The highest BCUT2D eigenvalue weighted by molar-refractivity contribution is 5.98. The second-order valence-electron chi connectivity index (χ2n) is 9.44. The van der Waals surface area contributed by atoms with Gasteiger partial charge in [0.15, 0.2) is 0 Å². The van der Waals surface area contributed by atoms with Crippen LogP contribution in [0, 0.1) is 12.8 Å². The van der Waals surface area contributed by atoms with E-state index in [9.17, 15) is 14.4 Å². The highest BCUT2D eigenvalue weighted by Crippen LogP contribution is 2.24. The number of piperidine rings is 1. The van der Waals surface area contributed by atoms with E-state index < -0.39 is 5.60 Å². The van der Waals surface area contributed by atoms with Crippen molar-refractivity contribution >= 4 is 23.6 Å². The van der Waals surface area contributed by atoms with Gasteiger partial charge in [0.25, 0.3) is 5.91 Å². The third kappa shape index (κ3) is 6.47. The van der Waals surface area contributed by atoms with Crippen LogP contribution in [0.1, 0.15) is 68.8 Å². The molecule has 1 aliphatic carbocycles. The maximum atomic E-state index is 12.6. The number of aryl methyl sites for hydroxylation is 1. The maximum absolute atomic E-state index is 12.6. The number of likely N-dealkylation sites (tertiary alicyclic amines) is 1. The van der Waals surface area contributed by atoms with Gasteiger partial charge in [-0.05, 0) is 77.0 Å². The monoisotopic (exact) mass is 415 g/mol. The molecule has 1 saturated heterocycles. The second-order valence-corrected chi connectivity index (χ2v) is 9.44. The zero-order valence-corrected chi connectivity index (χ0v) is 18.4. The molecule has 0 radical (unpaired) electrons. The predicted molar refractivity (Wildman–Crippen MR) is 115 cm³/mol. The van der Waals surface area contributed by atoms with Crippen molar-refractivity contribution in [1.29, 1.82) is 0 Å². The number of hydrogen-bond donors (Lipinski definition) is 2. The van der Waals surface area contributed by atoms with Gasteiger partial charge < -0.3 is 20.3 Å².